The lowest BCUT2D eigenvalue weighted by molar-refractivity contribution is 0.424. The van der Waals surface area contributed by atoms with Gasteiger partial charge in [-0.25, -0.2) is 9.67 Å². The summed E-state index contributed by atoms with van der Waals surface area (Å²) in [5, 5.41) is 7.33. The molecule has 2 heterocycles. The standard InChI is InChI=1S/C15H15N5O/c1-16-9-12-7-8-14(17-10-12)21-15-18-11-20(19-15)13-5-3-2-4-6-13/h2-8,10-11,16H,9H2,1H3. The molecule has 106 valence electrons. The molecule has 1 aromatic carbocycles. The lowest BCUT2D eigenvalue weighted by atomic mass is 10.3. The maximum Gasteiger partial charge on any atom is 0.342 e. The van der Waals surface area contributed by atoms with Crippen LogP contribution in [0.5, 0.6) is 11.9 Å². The quantitative estimate of drug-likeness (QED) is 0.776. The van der Waals surface area contributed by atoms with E-state index in [0.717, 1.165) is 17.8 Å². The predicted molar refractivity (Wildman–Crippen MR) is 78.4 cm³/mol. The Balaban J connectivity index is 1.72. The molecule has 0 aliphatic heterocycles. The molecule has 0 saturated heterocycles. The topological polar surface area (TPSA) is 64.9 Å². The van der Waals surface area contributed by atoms with Crippen molar-refractivity contribution >= 4 is 0 Å². The van der Waals surface area contributed by atoms with Crippen molar-refractivity contribution in [3.05, 3.63) is 60.6 Å². The number of pyridine rings is 1. The Morgan fingerprint density at radius 1 is 1.10 bits per heavy atom. The maximum absolute atomic E-state index is 5.54. The van der Waals surface area contributed by atoms with E-state index in [4.69, 9.17) is 4.74 Å². The second-order valence-electron chi connectivity index (χ2n) is 4.44. The number of aromatic nitrogens is 4. The van der Waals surface area contributed by atoms with E-state index in [-0.39, 0.29) is 6.01 Å². The SMILES string of the molecule is CNCc1ccc(Oc2ncn(-c3ccccc3)n2)nc1. The van der Waals surface area contributed by atoms with E-state index in [0.29, 0.717) is 5.88 Å². The molecule has 0 atom stereocenters. The van der Waals surface area contributed by atoms with E-state index in [2.05, 4.69) is 20.4 Å². The van der Waals surface area contributed by atoms with Gasteiger partial charge >= 0.3 is 6.01 Å². The molecule has 0 bridgehead atoms. The fourth-order valence-corrected chi connectivity index (χ4v) is 1.87. The first-order valence-corrected chi connectivity index (χ1v) is 6.59. The van der Waals surface area contributed by atoms with Crippen LogP contribution < -0.4 is 10.1 Å². The number of para-hydroxylation sites is 1. The summed E-state index contributed by atoms with van der Waals surface area (Å²) in [6, 6.07) is 13.8. The van der Waals surface area contributed by atoms with Crippen molar-refractivity contribution in [2.75, 3.05) is 7.05 Å². The Morgan fingerprint density at radius 2 is 1.95 bits per heavy atom. The highest BCUT2D eigenvalue weighted by atomic mass is 16.5. The van der Waals surface area contributed by atoms with Gasteiger partial charge in [-0.2, -0.15) is 4.98 Å². The fraction of sp³-hybridized carbons (Fsp3) is 0.133. The Kier molecular flexibility index (Phi) is 3.88. The zero-order valence-corrected chi connectivity index (χ0v) is 11.6. The molecule has 0 spiro atoms. The first-order valence-electron chi connectivity index (χ1n) is 6.59. The summed E-state index contributed by atoms with van der Waals surface area (Å²) >= 11 is 0. The third-order valence-electron chi connectivity index (χ3n) is 2.87. The normalized spacial score (nSPS) is 10.5. The molecular formula is C15H15N5O. The molecule has 3 rings (SSSR count). The molecule has 0 fully saturated rings. The third-order valence-corrected chi connectivity index (χ3v) is 2.87. The molecular weight excluding hydrogens is 266 g/mol. The molecule has 0 saturated carbocycles. The number of ether oxygens (including phenoxy) is 1. The first kappa shape index (κ1) is 13.3. The number of nitrogens with zero attached hydrogens (tertiary/aromatic N) is 4. The number of rotatable bonds is 5. The molecule has 0 unspecified atom stereocenters. The van der Waals surface area contributed by atoms with Crippen molar-refractivity contribution in [3.8, 4) is 17.6 Å². The molecule has 0 aliphatic carbocycles. The van der Waals surface area contributed by atoms with Crippen LogP contribution in [-0.2, 0) is 6.54 Å². The molecule has 6 heteroatoms. The van der Waals surface area contributed by atoms with Gasteiger partial charge in [0.15, 0.2) is 0 Å². The van der Waals surface area contributed by atoms with Crippen LogP contribution in [-0.4, -0.2) is 26.8 Å². The lowest BCUT2D eigenvalue weighted by Crippen LogP contribution is -2.05. The van der Waals surface area contributed by atoms with Crippen molar-refractivity contribution in [1.29, 1.82) is 0 Å². The number of nitrogens with one attached hydrogen (secondary N) is 1. The van der Waals surface area contributed by atoms with E-state index < -0.39 is 0 Å². The van der Waals surface area contributed by atoms with Gasteiger partial charge in [-0.15, -0.1) is 5.10 Å². The van der Waals surface area contributed by atoms with Crippen LogP contribution in [0.1, 0.15) is 5.56 Å². The molecule has 2 aromatic heterocycles. The van der Waals surface area contributed by atoms with E-state index in [1.807, 2.05) is 43.4 Å². The largest absolute Gasteiger partial charge is 0.404 e. The maximum atomic E-state index is 5.54. The van der Waals surface area contributed by atoms with Gasteiger partial charge in [0, 0.05) is 18.8 Å². The van der Waals surface area contributed by atoms with Crippen molar-refractivity contribution in [3.63, 3.8) is 0 Å². The lowest BCUT2D eigenvalue weighted by Gasteiger charge is -2.02. The second-order valence-corrected chi connectivity index (χ2v) is 4.44. The number of hydrogen-bond donors (Lipinski definition) is 1. The Hall–Kier alpha value is -2.73. The van der Waals surface area contributed by atoms with Crippen molar-refractivity contribution in [2.24, 2.45) is 0 Å². The van der Waals surface area contributed by atoms with Crippen LogP contribution in [0.25, 0.3) is 5.69 Å². The zero-order chi connectivity index (χ0) is 14.5. The summed E-state index contributed by atoms with van der Waals surface area (Å²) in [7, 11) is 1.89. The van der Waals surface area contributed by atoms with Crippen molar-refractivity contribution in [1.82, 2.24) is 25.1 Å². The van der Waals surface area contributed by atoms with E-state index >= 15 is 0 Å². The highest BCUT2D eigenvalue weighted by molar-refractivity contribution is 5.30. The molecule has 6 nitrogen and oxygen atoms in total. The van der Waals surface area contributed by atoms with E-state index in [1.165, 1.54) is 0 Å². The smallest absolute Gasteiger partial charge is 0.342 e. The summed E-state index contributed by atoms with van der Waals surface area (Å²) in [6.07, 6.45) is 3.38. The minimum atomic E-state index is 0.271. The minimum absolute atomic E-state index is 0.271. The minimum Gasteiger partial charge on any atom is -0.404 e. The Labute approximate surface area is 122 Å². The summed E-state index contributed by atoms with van der Waals surface area (Å²) in [4.78, 5) is 8.35. The van der Waals surface area contributed by atoms with Gasteiger partial charge in [-0.1, -0.05) is 24.3 Å². The van der Waals surface area contributed by atoms with Gasteiger partial charge in [0.25, 0.3) is 0 Å². The molecule has 0 aliphatic rings. The molecule has 21 heavy (non-hydrogen) atoms. The van der Waals surface area contributed by atoms with E-state index in [1.54, 1.807) is 23.3 Å². The van der Waals surface area contributed by atoms with Gasteiger partial charge < -0.3 is 10.1 Å². The molecule has 0 radical (unpaired) electrons. The van der Waals surface area contributed by atoms with Crippen LogP contribution in [0.4, 0.5) is 0 Å². The summed E-state index contributed by atoms with van der Waals surface area (Å²) in [6.45, 7) is 0.772. The van der Waals surface area contributed by atoms with Crippen LogP contribution >= 0.6 is 0 Å². The highest BCUT2D eigenvalue weighted by Gasteiger charge is 2.05. The summed E-state index contributed by atoms with van der Waals surface area (Å²) < 4.78 is 7.20. The average molecular weight is 281 g/mol. The van der Waals surface area contributed by atoms with Gasteiger partial charge in [0.2, 0.25) is 5.88 Å². The fourth-order valence-electron chi connectivity index (χ4n) is 1.87. The summed E-state index contributed by atoms with van der Waals surface area (Å²) in [5.74, 6) is 0.473. The van der Waals surface area contributed by atoms with Gasteiger partial charge in [-0.05, 0) is 24.7 Å². The van der Waals surface area contributed by atoms with Gasteiger partial charge in [0.1, 0.15) is 6.33 Å². The second kappa shape index (κ2) is 6.15. The molecule has 1 N–H and O–H groups in total. The zero-order valence-electron chi connectivity index (χ0n) is 11.6. The van der Waals surface area contributed by atoms with Crippen LogP contribution in [0.15, 0.2) is 55.0 Å². The monoisotopic (exact) mass is 281 g/mol. The van der Waals surface area contributed by atoms with Crippen molar-refractivity contribution < 1.29 is 4.74 Å². The Bertz CT molecular complexity index is 694. The number of benzene rings is 1. The molecule has 3 aromatic rings. The van der Waals surface area contributed by atoms with Crippen LogP contribution in [0.3, 0.4) is 0 Å². The predicted octanol–water partition coefficient (Wildman–Crippen LogP) is 2.17. The van der Waals surface area contributed by atoms with Crippen LogP contribution in [0.2, 0.25) is 0 Å². The average Bonchev–Trinajstić information content (AvgIpc) is 2.99. The van der Waals surface area contributed by atoms with Gasteiger partial charge in [-0.3, -0.25) is 0 Å². The Morgan fingerprint density at radius 3 is 2.67 bits per heavy atom. The van der Waals surface area contributed by atoms with Crippen LogP contribution in [0, 0.1) is 0 Å². The first-order chi connectivity index (χ1) is 10.3. The highest BCUT2D eigenvalue weighted by Crippen LogP contribution is 2.16. The van der Waals surface area contributed by atoms with Crippen molar-refractivity contribution in [2.45, 2.75) is 6.54 Å². The molecule has 0 amide bonds. The van der Waals surface area contributed by atoms with E-state index in [9.17, 15) is 0 Å². The van der Waals surface area contributed by atoms with Gasteiger partial charge in [0.05, 0.1) is 5.69 Å². The number of hydrogen-bond acceptors (Lipinski definition) is 5. The third kappa shape index (κ3) is 3.24. The summed E-state index contributed by atoms with van der Waals surface area (Å²) in [5.41, 5.74) is 2.02.